The van der Waals surface area contributed by atoms with E-state index in [1.54, 1.807) is 4.90 Å². The number of aliphatic hydroxyl groups is 1. The molecule has 2 heterocycles. The summed E-state index contributed by atoms with van der Waals surface area (Å²) in [7, 11) is 1.51. The maximum Gasteiger partial charge on any atom is 0.248 e. The van der Waals surface area contributed by atoms with Crippen molar-refractivity contribution in [1.29, 1.82) is 0 Å². The Labute approximate surface area is 160 Å². The van der Waals surface area contributed by atoms with Gasteiger partial charge in [-0.15, -0.1) is 0 Å². The van der Waals surface area contributed by atoms with E-state index in [-0.39, 0.29) is 24.3 Å². The molecule has 148 valence electrons. The maximum atomic E-state index is 12.3. The third-order valence-electron chi connectivity index (χ3n) is 5.68. The smallest absolute Gasteiger partial charge is 0.248 e. The van der Waals surface area contributed by atoms with Crippen LogP contribution in [0, 0.1) is 5.92 Å². The number of nitrogens with one attached hydrogen (secondary N) is 1. The molecule has 0 aromatic heterocycles. The summed E-state index contributed by atoms with van der Waals surface area (Å²) in [6.45, 7) is 3.28. The number of amides is 2. The molecule has 0 bridgehead atoms. The summed E-state index contributed by atoms with van der Waals surface area (Å²) >= 11 is 0. The lowest BCUT2D eigenvalue weighted by molar-refractivity contribution is -0.151. The molecule has 2 saturated heterocycles. The number of fused-ring (bicyclic) bond motifs is 1. The number of piperidine rings is 2. The zero-order valence-electron chi connectivity index (χ0n) is 15.9. The van der Waals surface area contributed by atoms with Crippen LogP contribution < -0.4 is 5.32 Å². The van der Waals surface area contributed by atoms with E-state index in [9.17, 15) is 14.7 Å². The van der Waals surface area contributed by atoms with Crippen molar-refractivity contribution in [2.24, 2.45) is 5.92 Å². The highest BCUT2D eigenvalue weighted by Gasteiger charge is 2.45. The van der Waals surface area contributed by atoms with Gasteiger partial charge in [0.15, 0.2) is 0 Å². The Morgan fingerprint density at radius 3 is 2.70 bits per heavy atom. The van der Waals surface area contributed by atoms with Crippen molar-refractivity contribution in [3.63, 3.8) is 0 Å². The predicted octanol–water partition coefficient (Wildman–Crippen LogP) is 0.235. The van der Waals surface area contributed by atoms with E-state index in [2.05, 4.69) is 10.2 Å². The fraction of sp³-hybridized carbons (Fsp3) is 0.600. The second-order valence-corrected chi connectivity index (χ2v) is 7.57. The Morgan fingerprint density at radius 1 is 1.22 bits per heavy atom. The Hall–Kier alpha value is -1.96. The number of ether oxygens (including phenoxy) is 1. The van der Waals surface area contributed by atoms with Crippen LogP contribution in [0.25, 0.3) is 0 Å². The van der Waals surface area contributed by atoms with Crippen molar-refractivity contribution in [2.45, 2.75) is 25.0 Å². The molecule has 7 heteroatoms. The number of likely N-dealkylation sites (tertiary alicyclic amines) is 2. The first-order valence-corrected chi connectivity index (χ1v) is 9.52. The van der Waals surface area contributed by atoms with Crippen LogP contribution in [0.1, 0.15) is 18.4 Å². The highest BCUT2D eigenvalue weighted by atomic mass is 16.5. The van der Waals surface area contributed by atoms with Crippen LogP contribution in [-0.2, 0) is 20.9 Å². The summed E-state index contributed by atoms with van der Waals surface area (Å²) in [5.41, 5.74) is 0.333. The number of benzene rings is 1. The van der Waals surface area contributed by atoms with Crippen LogP contribution in [0.15, 0.2) is 30.3 Å². The number of carbonyl (C=O) groups excluding carboxylic acids is 2. The van der Waals surface area contributed by atoms with E-state index in [0.29, 0.717) is 52.1 Å². The van der Waals surface area contributed by atoms with Gasteiger partial charge in [-0.3, -0.25) is 14.5 Å². The number of methoxy groups -OCH3 is 1. The zero-order chi connectivity index (χ0) is 19.3. The topological polar surface area (TPSA) is 82.1 Å². The SMILES string of the molecule is COCC(=O)N1CCC2(O)CCN(CC(=O)NCc3ccccc3)CC2C1. The molecule has 7 nitrogen and oxygen atoms in total. The molecule has 0 spiro atoms. The van der Waals surface area contributed by atoms with Crippen LogP contribution in [0.4, 0.5) is 0 Å². The van der Waals surface area contributed by atoms with Gasteiger partial charge in [-0.2, -0.15) is 0 Å². The molecule has 2 amide bonds. The number of nitrogens with zero attached hydrogens (tertiary/aromatic N) is 2. The van der Waals surface area contributed by atoms with Crippen LogP contribution in [-0.4, -0.2) is 78.8 Å². The Kier molecular flexibility index (Phi) is 6.46. The largest absolute Gasteiger partial charge is 0.389 e. The van der Waals surface area contributed by atoms with Crippen LogP contribution in [0.5, 0.6) is 0 Å². The molecule has 2 aliphatic heterocycles. The monoisotopic (exact) mass is 375 g/mol. The van der Waals surface area contributed by atoms with Crippen LogP contribution >= 0.6 is 0 Å². The molecule has 27 heavy (non-hydrogen) atoms. The minimum absolute atomic E-state index is 0.0209. The Morgan fingerprint density at radius 2 is 1.96 bits per heavy atom. The van der Waals surface area contributed by atoms with Crippen molar-refractivity contribution in [1.82, 2.24) is 15.1 Å². The molecule has 2 aliphatic rings. The fourth-order valence-corrected chi connectivity index (χ4v) is 4.01. The summed E-state index contributed by atoms with van der Waals surface area (Å²) in [4.78, 5) is 28.2. The second kappa shape index (κ2) is 8.82. The van der Waals surface area contributed by atoms with Crippen LogP contribution in [0.2, 0.25) is 0 Å². The molecule has 0 saturated carbocycles. The van der Waals surface area contributed by atoms with Crippen molar-refractivity contribution in [2.75, 3.05) is 46.4 Å². The summed E-state index contributed by atoms with van der Waals surface area (Å²) in [5, 5.41) is 13.9. The molecule has 2 unspecified atom stereocenters. The van der Waals surface area contributed by atoms with Gasteiger partial charge in [0.2, 0.25) is 11.8 Å². The highest BCUT2D eigenvalue weighted by molar-refractivity contribution is 5.78. The van der Waals surface area contributed by atoms with Crippen molar-refractivity contribution < 1.29 is 19.4 Å². The van der Waals surface area contributed by atoms with Gasteiger partial charge in [-0.05, 0) is 18.4 Å². The molecule has 3 rings (SSSR count). The third kappa shape index (κ3) is 5.06. The van der Waals surface area contributed by atoms with E-state index < -0.39 is 5.60 Å². The first kappa shape index (κ1) is 19.8. The average Bonchev–Trinajstić information content (AvgIpc) is 2.67. The lowest BCUT2D eigenvalue weighted by Crippen LogP contribution is -2.61. The molecule has 1 aromatic rings. The van der Waals surface area contributed by atoms with Gasteiger partial charge in [0.25, 0.3) is 0 Å². The molecule has 2 fully saturated rings. The van der Waals surface area contributed by atoms with E-state index in [4.69, 9.17) is 4.74 Å². The van der Waals surface area contributed by atoms with Crippen molar-refractivity contribution >= 4 is 11.8 Å². The van der Waals surface area contributed by atoms with E-state index in [1.807, 2.05) is 30.3 Å². The molecular formula is C20H29N3O4. The number of hydrogen-bond acceptors (Lipinski definition) is 5. The lowest BCUT2D eigenvalue weighted by Gasteiger charge is -2.50. The molecule has 2 atom stereocenters. The number of hydrogen-bond donors (Lipinski definition) is 2. The summed E-state index contributed by atoms with van der Waals surface area (Å²) in [6.07, 6.45) is 1.22. The van der Waals surface area contributed by atoms with Gasteiger partial charge >= 0.3 is 0 Å². The quantitative estimate of drug-likeness (QED) is 0.744. The molecule has 0 aliphatic carbocycles. The highest BCUT2D eigenvalue weighted by Crippen LogP contribution is 2.35. The normalized spacial score (nSPS) is 25.7. The minimum atomic E-state index is -0.735. The predicted molar refractivity (Wildman–Crippen MR) is 101 cm³/mol. The molecular weight excluding hydrogens is 346 g/mol. The number of rotatable bonds is 6. The number of carbonyl (C=O) groups is 2. The van der Waals surface area contributed by atoms with Gasteiger partial charge in [0, 0.05) is 45.8 Å². The first-order valence-electron chi connectivity index (χ1n) is 9.52. The van der Waals surface area contributed by atoms with Gasteiger partial charge in [0.1, 0.15) is 6.61 Å². The van der Waals surface area contributed by atoms with Gasteiger partial charge in [-0.1, -0.05) is 30.3 Å². The minimum Gasteiger partial charge on any atom is -0.389 e. The summed E-state index contributed by atoms with van der Waals surface area (Å²) < 4.78 is 4.94. The van der Waals surface area contributed by atoms with Gasteiger partial charge in [-0.25, -0.2) is 0 Å². The lowest BCUT2D eigenvalue weighted by atomic mass is 9.75. The molecule has 2 N–H and O–H groups in total. The van der Waals surface area contributed by atoms with E-state index in [1.165, 1.54) is 7.11 Å². The average molecular weight is 375 g/mol. The van der Waals surface area contributed by atoms with Crippen molar-refractivity contribution in [3.8, 4) is 0 Å². The van der Waals surface area contributed by atoms with Crippen LogP contribution in [0.3, 0.4) is 0 Å². The summed E-state index contributed by atoms with van der Waals surface area (Å²) in [6, 6.07) is 9.81. The van der Waals surface area contributed by atoms with E-state index >= 15 is 0 Å². The molecule has 1 aromatic carbocycles. The summed E-state index contributed by atoms with van der Waals surface area (Å²) in [5.74, 6) is -0.104. The van der Waals surface area contributed by atoms with Gasteiger partial charge in [0.05, 0.1) is 12.1 Å². The second-order valence-electron chi connectivity index (χ2n) is 7.57. The van der Waals surface area contributed by atoms with Crippen molar-refractivity contribution in [3.05, 3.63) is 35.9 Å². The third-order valence-corrected chi connectivity index (χ3v) is 5.68. The zero-order valence-corrected chi connectivity index (χ0v) is 15.9. The van der Waals surface area contributed by atoms with E-state index in [0.717, 1.165) is 5.56 Å². The first-order chi connectivity index (χ1) is 13.0. The van der Waals surface area contributed by atoms with Gasteiger partial charge < -0.3 is 20.1 Å². The Balaban J connectivity index is 1.50. The Bertz CT molecular complexity index is 654. The maximum absolute atomic E-state index is 12.3. The standard InChI is InChI=1S/C20H29N3O4/c1-27-15-19(25)23-10-8-20(26)7-9-22(12-17(20)13-23)14-18(24)21-11-16-5-3-2-4-6-16/h2-6,17,26H,7-15H2,1H3,(H,21,24). The molecule has 0 radical (unpaired) electrons. The fourth-order valence-electron chi connectivity index (χ4n) is 4.01.